The number of amides is 1. The number of benzene rings is 3. The molecule has 0 aromatic heterocycles. The second kappa shape index (κ2) is 18.9. The highest BCUT2D eigenvalue weighted by molar-refractivity contribution is 5.96. The predicted molar refractivity (Wildman–Crippen MR) is 231 cm³/mol. The third-order valence-corrected chi connectivity index (χ3v) is 13.5. The first kappa shape index (κ1) is 48.5. The van der Waals surface area contributed by atoms with Crippen molar-refractivity contribution in [1.29, 1.82) is 0 Å². The standard InChI is InChI=1S/C49H57NO15/c1-27-24-34(52)48(7)39(47(6,26-61-27)65-45(58)60-8)41(64-43(56)32-22-16-11-17-23-32)49(59)25-33(28(2)35(46(49,4)5)38(40(48)54)62-29(3)51)63-44(57)37(53)36(30-18-12-9-13-19-30)50-42(55)31-20-14-10-15-21-31/h9-23,27,33-34,36-39,41,52-53,59H,24-26H2,1-8H3,(H,50,55)/t27-,33-,34-,36-,37+,38+,39+,41-,47?,48+,49+/m0/s1. The Morgan fingerprint density at radius 1 is 0.846 bits per heavy atom. The molecule has 1 amide bonds. The van der Waals surface area contributed by atoms with Crippen LogP contribution in [0.5, 0.6) is 0 Å². The topological polar surface area (TPSA) is 231 Å². The van der Waals surface area contributed by atoms with E-state index in [4.69, 9.17) is 28.4 Å². The van der Waals surface area contributed by atoms with Crippen LogP contribution in [0, 0.1) is 16.7 Å². The van der Waals surface area contributed by atoms with Crippen LogP contribution in [-0.4, -0.2) is 113 Å². The van der Waals surface area contributed by atoms with Gasteiger partial charge < -0.3 is 49.1 Å². The third kappa shape index (κ3) is 9.17. The molecule has 1 saturated carbocycles. The summed E-state index contributed by atoms with van der Waals surface area (Å²) in [4.78, 5) is 84.4. The van der Waals surface area contributed by atoms with E-state index in [2.05, 4.69) is 5.32 Å². The van der Waals surface area contributed by atoms with Crippen LogP contribution in [-0.2, 0) is 42.8 Å². The van der Waals surface area contributed by atoms with Crippen LogP contribution in [0.1, 0.15) is 93.6 Å². The maximum absolute atomic E-state index is 15.8. The average Bonchev–Trinajstić information content (AvgIpc) is 3.28. The molecule has 1 heterocycles. The number of hydrogen-bond acceptors (Lipinski definition) is 15. The number of rotatable bonds is 10. The zero-order chi connectivity index (χ0) is 47.6. The maximum atomic E-state index is 15.8. The number of Topliss-reactive ketones (excluding diaryl/α,β-unsaturated/α-hetero) is 1. The molecule has 0 spiro atoms. The monoisotopic (exact) mass is 899 g/mol. The van der Waals surface area contributed by atoms with Gasteiger partial charge in [0.15, 0.2) is 18.0 Å². The highest BCUT2D eigenvalue weighted by Crippen LogP contribution is 2.61. The van der Waals surface area contributed by atoms with E-state index >= 15 is 4.79 Å². The molecule has 3 aromatic rings. The summed E-state index contributed by atoms with van der Waals surface area (Å²) >= 11 is 0. The first-order valence-electron chi connectivity index (χ1n) is 21.4. The summed E-state index contributed by atoms with van der Waals surface area (Å²) in [7, 11) is 1.06. The fourth-order valence-electron chi connectivity index (χ4n) is 9.93. The lowest BCUT2D eigenvalue weighted by Gasteiger charge is -2.62. The van der Waals surface area contributed by atoms with Crippen LogP contribution < -0.4 is 5.32 Å². The molecule has 1 aliphatic heterocycles. The number of carbonyl (C=O) groups excluding carboxylic acids is 6. The number of aliphatic hydroxyl groups is 3. The molecule has 1 saturated heterocycles. The van der Waals surface area contributed by atoms with Gasteiger partial charge in [0.05, 0.1) is 48.9 Å². The number of aliphatic hydroxyl groups excluding tert-OH is 2. The molecule has 2 fully saturated rings. The molecule has 2 bridgehead atoms. The smallest absolute Gasteiger partial charge is 0.456 e. The zero-order valence-corrected chi connectivity index (χ0v) is 37.6. The highest BCUT2D eigenvalue weighted by atomic mass is 16.7. The van der Waals surface area contributed by atoms with Gasteiger partial charge in [0.1, 0.15) is 23.4 Å². The zero-order valence-electron chi connectivity index (χ0n) is 37.6. The van der Waals surface area contributed by atoms with Gasteiger partial charge in [-0.2, -0.15) is 0 Å². The molecule has 3 aliphatic rings. The summed E-state index contributed by atoms with van der Waals surface area (Å²) in [6.07, 6.45) is -11.8. The molecule has 6 rings (SSSR count). The van der Waals surface area contributed by atoms with E-state index in [1.807, 2.05) is 0 Å². The van der Waals surface area contributed by atoms with Gasteiger partial charge in [0.2, 0.25) is 0 Å². The number of ether oxygens (including phenoxy) is 6. The van der Waals surface area contributed by atoms with Crippen LogP contribution in [0.25, 0.3) is 0 Å². The maximum Gasteiger partial charge on any atom is 0.508 e. The van der Waals surface area contributed by atoms with Gasteiger partial charge in [0, 0.05) is 30.7 Å². The van der Waals surface area contributed by atoms with Gasteiger partial charge in [-0.05, 0) is 68.7 Å². The summed E-state index contributed by atoms with van der Waals surface area (Å²) in [5, 5.41) is 40.7. The summed E-state index contributed by atoms with van der Waals surface area (Å²) < 4.78 is 35.5. The summed E-state index contributed by atoms with van der Waals surface area (Å²) in [6.45, 7) is 9.58. The molecule has 65 heavy (non-hydrogen) atoms. The normalized spacial score (nSPS) is 30.6. The summed E-state index contributed by atoms with van der Waals surface area (Å²) in [6, 6.07) is 22.8. The van der Waals surface area contributed by atoms with Gasteiger partial charge in [-0.3, -0.25) is 14.4 Å². The van der Waals surface area contributed by atoms with Crippen molar-refractivity contribution in [2.45, 2.75) is 115 Å². The number of esters is 3. The van der Waals surface area contributed by atoms with E-state index in [0.29, 0.717) is 5.56 Å². The fourth-order valence-corrected chi connectivity index (χ4v) is 9.93. The Morgan fingerprint density at radius 2 is 1.42 bits per heavy atom. The van der Waals surface area contributed by atoms with Crippen molar-refractivity contribution in [3.8, 4) is 0 Å². The first-order valence-corrected chi connectivity index (χ1v) is 21.4. The van der Waals surface area contributed by atoms with Crippen molar-refractivity contribution in [2.24, 2.45) is 16.7 Å². The van der Waals surface area contributed by atoms with E-state index in [-0.39, 0.29) is 28.7 Å². The first-order chi connectivity index (χ1) is 30.6. The number of fused-ring (bicyclic) bond motifs is 3. The molecule has 348 valence electrons. The van der Waals surface area contributed by atoms with Gasteiger partial charge in [-0.15, -0.1) is 0 Å². The van der Waals surface area contributed by atoms with Gasteiger partial charge >= 0.3 is 24.1 Å². The van der Waals surface area contributed by atoms with Crippen molar-refractivity contribution >= 4 is 35.8 Å². The molecule has 0 radical (unpaired) electrons. The number of carbonyl (C=O) groups is 6. The lowest BCUT2D eigenvalue weighted by Crippen LogP contribution is -2.75. The Labute approximate surface area is 377 Å². The molecule has 1 unspecified atom stereocenters. The van der Waals surface area contributed by atoms with Gasteiger partial charge in [-0.1, -0.05) is 80.6 Å². The Bertz CT molecular complexity index is 2300. The van der Waals surface area contributed by atoms with Crippen molar-refractivity contribution in [3.05, 3.63) is 119 Å². The quantitative estimate of drug-likeness (QED) is 0.119. The fraction of sp³-hybridized carbons (Fsp3) is 0.469. The van der Waals surface area contributed by atoms with Crippen molar-refractivity contribution in [2.75, 3.05) is 13.7 Å². The van der Waals surface area contributed by atoms with Crippen molar-refractivity contribution in [1.82, 2.24) is 5.32 Å². The third-order valence-electron chi connectivity index (χ3n) is 13.5. The van der Waals surface area contributed by atoms with Gasteiger partial charge in [0.25, 0.3) is 5.91 Å². The molecule has 16 nitrogen and oxygen atoms in total. The van der Waals surface area contributed by atoms with Crippen LogP contribution in [0.3, 0.4) is 0 Å². The Hall–Kier alpha value is -5.94. The van der Waals surface area contributed by atoms with E-state index in [0.717, 1.165) is 14.0 Å². The molecular weight excluding hydrogens is 843 g/mol. The Balaban J connectivity index is 1.57. The van der Waals surface area contributed by atoms with Crippen LogP contribution in [0.2, 0.25) is 0 Å². The Morgan fingerprint density at radius 3 is 1.98 bits per heavy atom. The molecular formula is C49H57NO15. The van der Waals surface area contributed by atoms with Crippen molar-refractivity contribution in [3.63, 3.8) is 0 Å². The SMILES string of the molecule is COC(=O)OC1(C)CO[C@@H](C)C[C@H](O)[C@@]2(C)C(=O)[C@H](OC(C)=O)C3=C(C)[C@@H](OC(=O)[C@H](O)[C@@H](NC(=O)c4ccccc4)c4ccccc4)C[C@@](O)([C@@H](OC(=O)c4ccccc4)[C@H]12)C3(C)C. The lowest BCUT2D eigenvalue weighted by molar-refractivity contribution is -0.260. The van der Waals surface area contributed by atoms with E-state index in [1.54, 1.807) is 85.8 Å². The molecule has 3 aromatic carbocycles. The Kier molecular flexibility index (Phi) is 14.1. The average molecular weight is 900 g/mol. The molecule has 2 aliphatic carbocycles. The highest BCUT2D eigenvalue weighted by Gasteiger charge is 2.73. The predicted octanol–water partition coefficient (Wildman–Crippen LogP) is 4.98. The number of ketones is 1. The largest absolute Gasteiger partial charge is 0.508 e. The minimum absolute atomic E-state index is 0.0343. The number of methoxy groups -OCH3 is 1. The minimum Gasteiger partial charge on any atom is -0.456 e. The van der Waals surface area contributed by atoms with E-state index in [1.165, 1.54) is 46.8 Å². The van der Waals surface area contributed by atoms with Crippen LogP contribution >= 0.6 is 0 Å². The van der Waals surface area contributed by atoms with E-state index < -0.39 is 119 Å². The van der Waals surface area contributed by atoms with Crippen LogP contribution in [0.15, 0.2) is 102 Å². The number of nitrogens with one attached hydrogen (secondary N) is 1. The number of hydrogen-bond donors (Lipinski definition) is 4. The van der Waals surface area contributed by atoms with Gasteiger partial charge in [-0.25, -0.2) is 14.4 Å². The second-order valence-electron chi connectivity index (χ2n) is 18.0. The summed E-state index contributed by atoms with van der Waals surface area (Å²) in [5.74, 6) is -6.40. The minimum atomic E-state index is -2.47. The summed E-state index contributed by atoms with van der Waals surface area (Å²) in [5.41, 5.74) is -7.72. The second-order valence-corrected chi connectivity index (χ2v) is 18.0. The lowest BCUT2D eigenvalue weighted by atomic mass is 9.47. The van der Waals surface area contributed by atoms with Crippen LogP contribution in [0.4, 0.5) is 4.79 Å². The molecule has 16 heteroatoms. The van der Waals surface area contributed by atoms with Crippen molar-refractivity contribution < 1.29 is 72.5 Å². The molecule has 11 atom stereocenters. The van der Waals surface area contributed by atoms with E-state index in [9.17, 15) is 39.3 Å². The molecule has 4 N–H and O–H groups in total.